The van der Waals surface area contributed by atoms with E-state index in [1.807, 2.05) is 27.7 Å². The van der Waals surface area contributed by atoms with Gasteiger partial charge in [-0.2, -0.15) is 0 Å². The highest BCUT2D eigenvalue weighted by atomic mass is 35.5. The molecule has 7 nitrogen and oxygen atoms in total. The van der Waals surface area contributed by atoms with E-state index in [-0.39, 0.29) is 6.54 Å². The van der Waals surface area contributed by atoms with E-state index in [0.29, 0.717) is 36.4 Å². The Balaban J connectivity index is 2.32. The van der Waals surface area contributed by atoms with E-state index in [0.717, 1.165) is 4.88 Å². The van der Waals surface area contributed by atoms with Gasteiger partial charge in [0.1, 0.15) is 11.7 Å². The summed E-state index contributed by atoms with van der Waals surface area (Å²) < 4.78 is 5.81. The summed E-state index contributed by atoms with van der Waals surface area (Å²) in [5.74, 6) is 0.617. The maximum Gasteiger partial charge on any atom is 0.407 e. The molecule has 1 aromatic heterocycles. The van der Waals surface area contributed by atoms with E-state index >= 15 is 0 Å². The highest BCUT2D eigenvalue weighted by molar-refractivity contribution is 7.16. The lowest BCUT2D eigenvalue weighted by Gasteiger charge is -2.19. The molecular formula is C17H29ClN4O3S. The molecule has 0 aliphatic heterocycles. The zero-order valence-corrected chi connectivity index (χ0v) is 17.3. The van der Waals surface area contributed by atoms with Crippen LogP contribution >= 0.6 is 22.9 Å². The van der Waals surface area contributed by atoms with Crippen LogP contribution in [0.2, 0.25) is 4.34 Å². The van der Waals surface area contributed by atoms with Gasteiger partial charge in [-0.05, 0) is 46.2 Å². The van der Waals surface area contributed by atoms with Gasteiger partial charge in [0.15, 0.2) is 5.96 Å². The number of thiophene rings is 1. The van der Waals surface area contributed by atoms with E-state index in [1.54, 1.807) is 12.1 Å². The second-order valence-corrected chi connectivity index (χ2v) is 8.33. The van der Waals surface area contributed by atoms with Crippen molar-refractivity contribution in [1.29, 1.82) is 0 Å². The molecule has 0 radical (unpaired) electrons. The third-order valence-corrected chi connectivity index (χ3v) is 4.34. The maximum atomic E-state index is 11.5. The molecule has 0 aliphatic carbocycles. The summed E-state index contributed by atoms with van der Waals surface area (Å²) in [5, 5.41) is 19.1. The van der Waals surface area contributed by atoms with Gasteiger partial charge >= 0.3 is 6.09 Å². The number of carbonyl (C=O) groups excluding carboxylic acids is 1. The minimum Gasteiger partial charge on any atom is -0.444 e. The van der Waals surface area contributed by atoms with Crippen molar-refractivity contribution in [3.05, 3.63) is 21.3 Å². The van der Waals surface area contributed by atoms with Crippen LogP contribution in [-0.4, -0.2) is 48.9 Å². The van der Waals surface area contributed by atoms with Gasteiger partial charge in [0.2, 0.25) is 0 Å². The number of aliphatic hydroxyl groups is 1. The lowest BCUT2D eigenvalue weighted by molar-refractivity contribution is 0.0527. The van der Waals surface area contributed by atoms with Crippen LogP contribution in [0.4, 0.5) is 4.79 Å². The molecule has 0 fully saturated rings. The normalized spacial score (nSPS) is 13.2. The van der Waals surface area contributed by atoms with E-state index in [2.05, 4.69) is 20.9 Å². The highest BCUT2D eigenvalue weighted by Gasteiger charge is 2.15. The van der Waals surface area contributed by atoms with Crippen LogP contribution in [0.15, 0.2) is 17.1 Å². The highest BCUT2D eigenvalue weighted by Crippen LogP contribution is 2.26. The predicted octanol–water partition coefficient (Wildman–Crippen LogP) is 2.90. The number of hydrogen-bond acceptors (Lipinski definition) is 5. The maximum absolute atomic E-state index is 11.5. The molecule has 4 N–H and O–H groups in total. The molecule has 1 heterocycles. The summed E-state index contributed by atoms with van der Waals surface area (Å²) in [5.41, 5.74) is -0.499. The number of rotatable bonds is 8. The fraction of sp³-hybridized carbons (Fsp3) is 0.647. The third kappa shape index (κ3) is 9.84. The van der Waals surface area contributed by atoms with Crippen molar-refractivity contribution in [3.63, 3.8) is 0 Å². The van der Waals surface area contributed by atoms with Crippen molar-refractivity contribution in [1.82, 2.24) is 16.0 Å². The number of aliphatic imine (C=N–C) groups is 1. The molecule has 148 valence electrons. The molecule has 0 aliphatic rings. The second kappa shape index (κ2) is 11.3. The number of aliphatic hydroxyl groups excluding tert-OH is 1. The molecule has 0 aromatic carbocycles. The number of nitrogens with zero attached hydrogens (tertiary/aromatic N) is 1. The smallest absolute Gasteiger partial charge is 0.407 e. The summed E-state index contributed by atoms with van der Waals surface area (Å²) in [6.45, 7) is 9.52. The second-order valence-electron chi connectivity index (χ2n) is 6.59. The molecule has 0 saturated heterocycles. The standard InChI is InChI=1S/C17H29ClN4O3S/c1-5-19-15(22-11-12(23)13-7-8-14(18)26-13)20-9-6-10-21-16(24)25-17(2,3)4/h7-8,12,23H,5-6,9-11H2,1-4H3,(H,21,24)(H2,19,20,22). The van der Waals surface area contributed by atoms with Crippen molar-refractivity contribution >= 4 is 35.0 Å². The molecular weight excluding hydrogens is 376 g/mol. The topological polar surface area (TPSA) is 95.0 Å². The minimum absolute atomic E-state index is 0.238. The summed E-state index contributed by atoms with van der Waals surface area (Å²) in [6, 6.07) is 3.56. The lowest BCUT2D eigenvalue weighted by Crippen LogP contribution is -2.39. The summed E-state index contributed by atoms with van der Waals surface area (Å²) in [7, 11) is 0. The fourth-order valence-corrected chi connectivity index (χ4v) is 2.95. The van der Waals surface area contributed by atoms with Crippen LogP contribution in [0, 0.1) is 0 Å². The number of guanidine groups is 1. The summed E-state index contributed by atoms with van der Waals surface area (Å²) in [4.78, 5) is 16.7. The lowest BCUT2D eigenvalue weighted by atomic mass is 10.2. The van der Waals surface area contributed by atoms with Crippen molar-refractivity contribution in [2.75, 3.05) is 26.2 Å². The Kier molecular flexibility index (Phi) is 9.75. The minimum atomic E-state index is -0.684. The van der Waals surface area contributed by atoms with Crippen molar-refractivity contribution in [2.24, 2.45) is 4.99 Å². The quantitative estimate of drug-likeness (QED) is 0.303. The molecule has 9 heteroatoms. The number of ether oxygens (including phenoxy) is 1. The number of nitrogens with one attached hydrogen (secondary N) is 3. The zero-order valence-electron chi connectivity index (χ0n) is 15.8. The van der Waals surface area contributed by atoms with Gasteiger partial charge in [0.25, 0.3) is 0 Å². The zero-order chi connectivity index (χ0) is 19.6. The molecule has 1 unspecified atom stereocenters. The number of carbonyl (C=O) groups is 1. The van der Waals surface area contributed by atoms with Gasteiger partial charge in [0, 0.05) is 24.5 Å². The average molecular weight is 405 g/mol. The fourth-order valence-electron chi connectivity index (χ4n) is 1.92. The van der Waals surface area contributed by atoms with Crippen LogP contribution in [0.3, 0.4) is 0 Å². The first-order valence-corrected chi connectivity index (χ1v) is 9.83. The van der Waals surface area contributed by atoms with Gasteiger partial charge < -0.3 is 25.8 Å². The number of amides is 1. The van der Waals surface area contributed by atoms with Crippen LogP contribution in [-0.2, 0) is 4.74 Å². The van der Waals surface area contributed by atoms with Gasteiger partial charge in [0.05, 0.1) is 10.9 Å². The Bertz CT molecular complexity index is 587. The van der Waals surface area contributed by atoms with E-state index in [9.17, 15) is 9.90 Å². The first-order valence-electron chi connectivity index (χ1n) is 8.63. The van der Waals surface area contributed by atoms with Crippen LogP contribution in [0.1, 0.15) is 45.1 Å². The summed E-state index contributed by atoms with van der Waals surface area (Å²) in [6.07, 6.45) is -0.389. The van der Waals surface area contributed by atoms with E-state index in [4.69, 9.17) is 16.3 Å². The summed E-state index contributed by atoms with van der Waals surface area (Å²) >= 11 is 7.23. The largest absolute Gasteiger partial charge is 0.444 e. The molecule has 1 rings (SSSR count). The van der Waals surface area contributed by atoms with Crippen molar-refractivity contribution in [2.45, 2.75) is 45.8 Å². The van der Waals surface area contributed by atoms with E-state index in [1.165, 1.54) is 11.3 Å². The van der Waals surface area contributed by atoms with Gasteiger partial charge in [-0.15, -0.1) is 11.3 Å². The molecule has 26 heavy (non-hydrogen) atoms. The Hall–Kier alpha value is -1.51. The monoisotopic (exact) mass is 404 g/mol. The van der Waals surface area contributed by atoms with Gasteiger partial charge in [-0.3, -0.25) is 4.99 Å². The molecule has 1 atom stereocenters. The van der Waals surface area contributed by atoms with Gasteiger partial charge in [-0.25, -0.2) is 4.79 Å². The Morgan fingerprint density at radius 1 is 1.31 bits per heavy atom. The van der Waals surface area contributed by atoms with Crippen molar-refractivity contribution in [3.8, 4) is 0 Å². The Morgan fingerprint density at radius 2 is 2.00 bits per heavy atom. The predicted molar refractivity (Wildman–Crippen MR) is 107 cm³/mol. The third-order valence-electron chi connectivity index (χ3n) is 3.00. The molecule has 0 bridgehead atoms. The van der Waals surface area contributed by atoms with Crippen molar-refractivity contribution < 1.29 is 14.6 Å². The molecule has 0 saturated carbocycles. The van der Waals surface area contributed by atoms with Gasteiger partial charge in [-0.1, -0.05) is 11.6 Å². The van der Waals surface area contributed by atoms with E-state index < -0.39 is 17.8 Å². The van der Waals surface area contributed by atoms with Crippen LogP contribution in [0.5, 0.6) is 0 Å². The molecule has 0 spiro atoms. The number of hydrogen-bond donors (Lipinski definition) is 4. The number of halogens is 1. The first kappa shape index (κ1) is 22.5. The Labute approximate surface area is 164 Å². The SMILES string of the molecule is CCNC(=NCC(O)c1ccc(Cl)s1)NCCCNC(=O)OC(C)(C)C. The van der Waals surface area contributed by atoms with Crippen LogP contribution < -0.4 is 16.0 Å². The first-order chi connectivity index (χ1) is 12.2. The van der Waals surface area contributed by atoms with Crippen LogP contribution in [0.25, 0.3) is 0 Å². The molecule has 1 aromatic rings. The number of alkyl carbamates (subject to hydrolysis) is 1. The Morgan fingerprint density at radius 3 is 2.58 bits per heavy atom. The molecule has 1 amide bonds. The average Bonchev–Trinajstić information content (AvgIpc) is 2.96.